The number of amides is 1. The van der Waals surface area contributed by atoms with E-state index in [-0.39, 0.29) is 5.91 Å². The zero-order valence-electron chi connectivity index (χ0n) is 13.7. The number of carbonyl (C=O) groups is 1. The van der Waals surface area contributed by atoms with Crippen LogP contribution in [0.2, 0.25) is 0 Å². The van der Waals surface area contributed by atoms with Crippen LogP contribution in [0, 0.1) is 0 Å². The molecular formula is C16H36N2O. The van der Waals surface area contributed by atoms with Crippen molar-refractivity contribution in [1.82, 2.24) is 4.90 Å². The standard InChI is InChI=1S/C14H30N2O.C2H6/c1-16(2)13-11-9-7-5-3-4-6-8-10-12-14(15)17;1-2/h3-13H2,1-2H3,(H2,15,17);1-2H3. The molecule has 0 aliphatic heterocycles. The van der Waals surface area contributed by atoms with E-state index in [0.717, 1.165) is 12.8 Å². The van der Waals surface area contributed by atoms with Crippen molar-refractivity contribution >= 4 is 5.91 Å². The highest BCUT2D eigenvalue weighted by molar-refractivity contribution is 5.73. The van der Waals surface area contributed by atoms with Crippen LogP contribution < -0.4 is 5.73 Å². The summed E-state index contributed by atoms with van der Waals surface area (Å²) in [6, 6.07) is 0. The molecule has 3 nitrogen and oxygen atoms in total. The number of rotatable bonds is 12. The molecule has 0 spiro atoms. The second kappa shape index (κ2) is 17.4. The molecule has 0 aromatic carbocycles. The van der Waals surface area contributed by atoms with Gasteiger partial charge in [0.15, 0.2) is 0 Å². The molecule has 0 fully saturated rings. The van der Waals surface area contributed by atoms with Gasteiger partial charge in [-0.25, -0.2) is 0 Å². The van der Waals surface area contributed by atoms with E-state index in [0.29, 0.717) is 6.42 Å². The lowest BCUT2D eigenvalue weighted by Crippen LogP contribution is -2.12. The van der Waals surface area contributed by atoms with Gasteiger partial charge in [0, 0.05) is 6.42 Å². The van der Waals surface area contributed by atoms with Crippen LogP contribution in [0.25, 0.3) is 0 Å². The molecule has 116 valence electrons. The van der Waals surface area contributed by atoms with Gasteiger partial charge in [0.1, 0.15) is 0 Å². The smallest absolute Gasteiger partial charge is 0.217 e. The van der Waals surface area contributed by atoms with E-state index in [1.807, 2.05) is 13.8 Å². The topological polar surface area (TPSA) is 46.3 Å². The predicted octanol–water partition coefficient (Wildman–Crippen LogP) is 3.96. The molecule has 19 heavy (non-hydrogen) atoms. The molecule has 2 N–H and O–H groups in total. The van der Waals surface area contributed by atoms with Gasteiger partial charge >= 0.3 is 0 Å². The Balaban J connectivity index is 0. The molecule has 0 bridgehead atoms. The van der Waals surface area contributed by atoms with Crippen LogP contribution in [0.5, 0.6) is 0 Å². The van der Waals surface area contributed by atoms with E-state index in [2.05, 4.69) is 19.0 Å². The van der Waals surface area contributed by atoms with Crippen molar-refractivity contribution in [3.63, 3.8) is 0 Å². The van der Waals surface area contributed by atoms with Crippen molar-refractivity contribution in [2.75, 3.05) is 20.6 Å². The third kappa shape index (κ3) is 23.0. The Kier molecular flexibility index (Phi) is 19.0. The first-order valence-electron chi connectivity index (χ1n) is 8.06. The number of unbranched alkanes of at least 4 members (excludes halogenated alkanes) is 8. The lowest BCUT2D eigenvalue weighted by Gasteiger charge is -2.08. The molecule has 0 aromatic heterocycles. The maximum atomic E-state index is 10.5. The predicted molar refractivity (Wildman–Crippen MR) is 85.3 cm³/mol. The van der Waals surface area contributed by atoms with E-state index in [1.54, 1.807) is 0 Å². The third-order valence-electron chi connectivity index (χ3n) is 3.03. The lowest BCUT2D eigenvalue weighted by molar-refractivity contribution is -0.118. The van der Waals surface area contributed by atoms with Crippen LogP contribution >= 0.6 is 0 Å². The number of hydrogen-bond acceptors (Lipinski definition) is 2. The summed E-state index contributed by atoms with van der Waals surface area (Å²) >= 11 is 0. The van der Waals surface area contributed by atoms with E-state index in [4.69, 9.17) is 5.73 Å². The van der Waals surface area contributed by atoms with E-state index in [1.165, 1.54) is 51.5 Å². The van der Waals surface area contributed by atoms with Crippen LogP contribution in [0.4, 0.5) is 0 Å². The first kappa shape index (κ1) is 20.7. The quantitative estimate of drug-likeness (QED) is 0.547. The Labute approximate surface area is 120 Å². The fraction of sp³-hybridized carbons (Fsp3) is 0.938. The molecule has 0 aliphatic rings. The molecule has 0 aliphatic carbocycles. The van der Waals surface area contributed by atoms with E-state index < -0.39 is 0 Å². The Hall–Kier alpha value is -0.570. The summed E-state index contributed by atoms with van der Waals surface area (Å²) < 4.78 is 0. The maximum Gasteiger partial charge on any atom is 0.217 e. The van der Waals surface area contributed by atoms with Gasteiger partial charge in [-0.05, 0) is 33.5 Å². The number of nitrogens with zero attached hydrogens (tertiary/aromatic N) is 1. The molecule has 0 rings (SSSR count). The molecule has 0 radical (unpaired) electrons. The van der Waals surface area contributed by atoms with Crippen molar-refractivity contribution in [3.05, 3.63) is 0 Å². The summed E-state index contributed by atoms with van der Waals surface area (Å²) in [6.45, 7) is 5.22. The molecule has 0 heterocycles. The highest BCUT2D eigenvalue weighted by atomic mass is 16.1. The van der Waals surface area contributed by atoms with Crippen LogP contribution in [-0.4, -0.2) is 31.4 Å². The third-order valence-corrected chi connectivity index (χ3v) is 3.03. The normalized spacial score (nSPS) is 10.2. The van der Waals surface area contributed by atoms with Gasteiger partial charge in [-0.3, -0.25) is 4.79 Å². The number of primary amides is 1. The van der Waals surface area contributed by atoms with Gasteiger partial charge in [0.2, 0.25) is 5.91 Å². The first-order valence-corrected chi connectivity index (χ1v) is 8.06. The number of nitrogens with two attached hydrogens (primary N) is 1. The average molecular weight is 272 g/mol. The minimum absolute atomic E-state index is 0.161. The van der Waals surface area contributed by atoms with Crippen molar-refractivity contribution < 1.29 is 4.79 Å². The highest BCUT2D eigenvalue weighted by Crippen LogP contribution is 2.10. The van der Waals surface area contributed by atoms with E-state index >= 15 is 0 Å². The maximum absolute atomic E-state index is 10.5. The number of hydrogen-bond donors (Lipinski definition) is 1. The SMILES string of the molecule is CC.CN(C)CCCCCCCCCCCC(N)=O. The van der Waals surface area contributed by atoms with Crippen LogP contribution in [0.1, 0.15) is 78.1 Å². The minimum atomic E-state index is -0.161. The van der Waals surface area contributed by atoms with E-state index in [9.17, 15) is 4.79 Å². The first-order chi connectivity index (χ1) is 9.13. The largest absolute Gasteiger partial charge is 0.370 e. The van der Waals surface area contributed by atoms with Gasteiger partial charge in [0.25, 0.3) is 0 Å². The van der Waals surface area contributed by atoms with Gasteiger partial charge < -0.3 is 10.6 Å². The molecule has 0 aromatic rings. The Bertz CT molecular complexity index is 182. The van der Waals surface area contributed by atoms with Crippen LogP contribution in [0.3, 0.4) is 0 Å². The molecule has 0 saturated heterocycles. The van der Waals surface area contributed by atoms with Crippen molar-refractivity contribution in [2.24, 2.45) is 5.73 Å². The van der Waals surface area contributed by atoms with Crippen molar-refractivity contribution in [1.29, 1.82) is 0 Å². The van der Waals surface area contributed by atoms with Gasteiger partial charge in [0.05, 0.1) is 0 Å². The second-order valence-electron chi connectivity index (χ2n) is 5.20. The molecular weight excluding hydrogens is 236 g/mol. The zero-order valence-corrected chi connectivity index (χ0v) is 13.7. The molecule has 1 amide bonds. The summed E-state index contributed by atoms with van der Waals surface area (Å²) in [4.78, 5) is 12.8. The summed E-state index contributed by atoms with van der Waals surface area (Å²) in [6.07, 6.45) is 12.0. The van der Waals surface area contributed by atoms with Crippen LogP contribution in [-0.2, 0) is 4.79 Å². The Morgan fingerprint density at radius 2 is 1.16 bits per heavy atom. The Morgan fingerprint density at radius 1 is 0.789 bits per heavy atom. The molecule has 0 saturated carbocycles. The van der Waals surface area contributed by atoms with Crippen molar-refractivity contribution in [3.8, 4) is 0 Å². The van der Waals surface area contributed by atoms with Crippen molar-refractivity contribution in [2.45, 2.75) is 78.1 Å². The average Bonchev–Trinajstić information content (AvgIpc) is 2.37. The fourth-order valence-electron chi connectivity index (χ4n) is 1.96. The van der Waals surface area contributed by atoms with Crippen LogP contribution in [0.15, 0.2) is 0 Å². The summed E-state index contributed by atoms with van der Waals surface area (Å²) in [5, 5.41) is 0. The lowest BCUT2D eigenvalue weighted by atomic mass is 10.1. The summed E-state index contributed by atoms with van der Waals surface area (Å²) in [5.41, 5.74) is 5.08. The molecule has 3 heteroatoms. The van der Waals surface area contributed by atoms with Gasteiger partial charge in [-0.15, -0.1) is 0 Å². The summed E-state index contributed by atoms with van der Waals surface area (Å²) in [7, 11) is 4.26. The van der Waals surface area contributed by atoms with Gasteiger partial charge in [-0.1, -0.05) is 58.8 Å². The molecule has 0 unspecified atom stereocenters. The number of carbonyl (C=O) groups excluding carboxylic acids is 1. The highest BCUT2D eigenvalue weighted by Gasteiger charge is 1.95. The summed E-state index contributed by atoms with van der Waals surface area (Å²) in [5.74, 6) is -0.161. The molecule has 0 atom stereocenters. The fourth-order valence-corrected chi connectivity index (χ4v) is 1.96. The monoisotopic (exact) mass is 272 g/mol. The second-order valence-corrected chi connectivity index (χ2v) is 5.20. The zero-order chi connectivity index (χ0) is 14.9. The Morgan fingerprint density at radius 3 is 1.53 bits per heavy atom. The minimum Gasteiger partial charge on any atom is -0.370 e. The van der Waals surface area contributed by atoms with Gasteiger partial charge in [-0.2, -0.15) is 0 Å².